The molecule has 7 nitrogen and oxygen atoms in total. The maximum absolute atomic E-state index is 13.8. The van der Waals surface area contributed by atoms with Crippen molar-refractivity contribution in [2.75, 3.05) is 26.2 Å². The number of benzene rings is 3. The first-order valence-corrected chi connectivity index (χ1v) is 11.5. The highest BCUT2D eigenvalue weighted by Gasteiger charge is 2.45. The highest BCUT2D eigenvalue weighted by atomic mass is 35.5. The molecule has 0 bridgehead atoms. The zero-order valence-corrected chi connectivity index (χ0v) is 20.9. The predicted octanol–water partition coefficient (Wildman–Crippen LogP) is 6.24. The van der Waals surface area contributed by atoms with Gasteiger partial charge in [-0.2, -0.15) is 13.2 Å². The van der Waals surface area contributed by atoms with E-state index in [1.807, 2.05) is 0 Å². The lowest BCUT2D eigenvalue weighted by Crippen LogP contribution is -2.29. The molecule has 0 N–H and O–H groups in total. The fourth-order valence-corrected chi connectivity index (χ4v) is 4.79. The van der Waals surface area contributed by atoms with Crippen molar-refractivity contribution in [2.45, 2.75) is 12.2 Å². The molecule has 38 heavy (non-hydrogen) atoms. The summed E-state index contributed by atoms with van der Waals surface area (Å²) >= 11 is 6.11. The zero-order chi connectivity index (χ0) is 27.4. The Morgan fingerprint density at radius 1 is 0.921 bits per heavy atom. The van der Waals surface area contributed by atoms with E-state index in [1.165, 1.54) is 63.8 Å². The Morgan fingerprint density at radius 2 is 1.61 bits per heavy atom. The van der Waals surface area contributed by atoms with Crippen LogP contribution in [0.4, 0.5) is 18.9 Å². The van der Waals surface area contributed by atoms with Crippen LogP contribution >= 0.6 is 11.6 Å². The average Bonchev–Trinajstić information content (AvgIpc) is 3.20. The van der Waals surface area contributed by atoms with Gasteiger partial charge in [-0.25, -0.2) is 0 Å². The SMILES string of the molecule is COc1cc(C2c3c(oc4ccc(Cl)cc4c3=O)C(=O)N2c2cccc(C(F)(F)F)c2)cc(OC)c1OC. The molecule has 1 amide bonds. The summed E-state index contributed by atoms with van der Waals surface area (Å²) in [7, 11) is 4.19. The number of rotatable bonds is 5. The molecule has 5 rings (SSSR count). The molecule has 1 unspecified atom stereocenters. The minimum Gasteiger partial charge on any atom is -0.493 e. The molecular weight excluding hydrogens is 527 g/mol. The molecule has 0 aliphatic carbocycles. The van der Waals surface area contributed by atoms with Crippen LogP contribution in [0.1, 0.15) is 33.3 Å². The Bertz CT molecular complexity index is 1620. The van der Waals surface area contributed by atoms with Crippen LogP contribution in [-0.2, 0) is 6.18 Å². The van der Waals surface area contributed by atoms with Crippen LogP contribution in [0.3, 0.4) is 0 Å². The molecule has 1 aliphatic rings. The summed E-state index contributed by atoms with van der Waals surface area (Å²) in [4.78, 5) is 28.6. The van der Waals surface area contributed by atoms with Crippen molar-refractivity contribution in [3.8, 4) is 17.2 Å². The number of alkyl halides is 3. The molecular formula is C27H19ClF3NO6. The Kier molecular flexibility index (Phi) is 6.22. The van der Waals surface area contributed by atoms with Crippen LogP contribution in [-0.4, -0.2) is 27.2 Å². The molecule has 3 aromatic carbocycles. The first-order chi connectivity index (χ1) is 18.1. The molecule has 2 heterocycles. The summed E-state index contributed by atoms with van der Waals surface area (Å²) in [6.45, 7) is 0. The molecule has 0 saturated carbocycles. The first kappa shape index (κ1) is 25.5. The molecule has 0 spiro atoms. The molecule has 0 saturated heterocycles. The second-order valence-electron chi connectivity index (χ2n) is 8.40. The number of anilines is 1. The van der Waals surface area contributed by atoms with Crippen LogP contribution in [0.5, 0.6) is 17.2 Å². The molecule has 1 aliphatic heterocycles. The number of ether oxygens (including phenoxy) is 3. The Hall–Kier alpha value is -4.18. The van der Waals surface area contributed by atoms with Gasteiger partial charge in [0.15, 0.2) is 16.9 Å². The van der Waals surface area contributed by atoms with E-state index in [2.05, 4.69) is 0 Å². The van der Waals surface area contributed by atoms with Gasteiger partial charge in [-0.15, -0.1) is 0 Å². The topological polar surface area (TPSA) is 78.2 Å². The maximum atomic E-state index is 13.8. The molecule has 0 radical (unpaired) electrons. The van der Waals surface area contributed by atoms with Crippen molar-refractivity contribution in [1.29, 1.82) is 0 Å². The molecule has 0 fully saturated rings. The fourth-order valence-electron chi connectivity index (χ4n) is 4.62. The number of nitrogens with zero attached hydrogens (tertiary/aromatic N) is 1. The van der Waals surface area contributed by atoms with E-state index in [0.717, 1.165) is 17.0 Å². The average molecular weight is 546 g/mol. The van der Waals surface area contributed by atoms with Crippen LogP contribution in [0.25, 0.3) is 11.0 Å². The number of carbonyl (C=O) groups is 1. The highest BCUT2D eigenvalue weighted by Crippen LogP contribution is 2.47. The van der Waals surface area contributed by atoms with Gasteiger partial charge < -0.3 is 18.6 Å². The summed E-state index contributed by atoms with van der Waals surface area (Å²) in [5.74, 6) is -0.376. The summed E-state index contributed by atoms with van der Waals surface area (Å²) in [6, 6.07) is 10.5. The Balaban J connectivity index is 1.84. The van der Waals surface area contributed by atoms with E-state index in [4.69, 9.17) is 30.2 Å². The fraction of sp³-hybridized carbons (Fsp3) is 0.185. The van der Waals surface area contributed by atoms with Gasteiger partial charge in [0.1, 0.15) is 5.58 Å². The van der Waals surface area contributed by atoms with Crippen molar-refractivity contribution >= 4 is 34.2 Å². The lowest BCUT2D eigenvalue weighted by atomic mass is 9.97. The van der Waals surface area contributed by atoms with Gasteiger partial charge in [0.05, 0.1) is 43.9 Å². The monoisotopic (exact) mass is 545 g/mol. The second-order valence-corrected chi connectivity index (χ2v) is 8.84. The highest BCUT2D eigenvalue weighted by molar-refractivity contribution is 6.31. The third-order valence-corrected chi connectivity index (χ3v) is 6.52. The Labute approximate surface area is 218 Å². The number of amides is 1. The maximum Gasteiger partial charge on any atom is 0.416 e. The number of fused-ring (bicyclic) bond motifs is 2. The molecule has 196 valence electrons. The van der Waals surface area contributed by atoms with Crippen LogP contribution in [0.15, 0.2) is 63.8 Å². The van der Waals surface area contributed by atoms with Gasteiger partial charge >= 0.3 is 6.18 Å². The van der Waals surface area contributed by atoms with E-state index in [0.29, 0.717) is 5.56 Å². The summed E-state index contributed by atoms with van der Waals surface area (Å²) < 4.78 is 62.8. The van der Waals surface area contributed by atoms with E-state index in [1.54, 1.807) is 0 Å². The minimum atomic E-state index is -4.66. The van der Waals surface area contributed by atoms with Gasteiger partial charge in [0.2, 0.25) is 11.5 Å². The van der Waals surface area contributed by atoms with Crippen LogP contribution in [0, 0.1) is 0 Å². The van der Waals surface area contributed by atoms with E-state index in [-0.39, 0.29) is 50.3 Å². The van der Waals surface area contributed by atoms with Crippen molar-refractivity contribution in [2.24, 2.45) is 0 Å². The van der Waals surface area contributed by atoms with Crippen molar-refractivity contribution < 1.29 is 36.6 Å². The number of halogens is 4. The standard InChI is InChI=1S/C27H19ClF3NO6/c1-35-19-9-13(10-20(36-2)24(19)37-3)22-21-23(33)17-12-15(28)7-8-18(17)38-25(21)26(34)32(22)16-6-4-5-14(11-16)27(29,30)31/h4-12,22H,1-3H3. The van der Waals surface area contributed by atoms with Gasteiger partial charge in [-0.3, -0.25) is 14.5 Å². The first-order valence-electron chi connectivity index (χ1n) is 11.2. The third-order valence-electron chi connectivity index (χ3n) is 6.29. The van der Waals surface area contributed by atoms with E-state index in [9.17, 15) is 22.8 Å². The van der Waals surface area contributed by atoms with E-state index < -0.39 is 29.1 Å². The third kappa shape index (κ3) is 4.01. The number of methoxy groups -OCH3 is 3. The lowest BCUT2D eigenvalue weighted by molar-refractivity contribution is -0.137. The van der Waals surface area contributed by atoms with Gasteiger partial charge in [-0.05, 0) is 54.1 Å². The molecule has 1 atom stereocenters. The summed E-state index contributed by atoms with van der Waals surface area (Å²) in [5, 5.41) is 0.389. The smallest absolute Gasteiger partial charge is 0.416 e. The summed E-state index contributed by atoms with van der Waals surface area (Å²) in [5.41, 5.74) is -1.23. The molecule has 1 aromatic heterocycles. The van der Waals surface area contributed by atoms with E-state index >= 15 is 0 Å². The Morgan fingerprint density at radius 3 is 2.21 bits per heavy atom. The van der Waals surface area contributed by atoms with Gasteiger partial charge in [0, 0.05) is 10.7 Å². The normalized spacial score (nSPS) is 15.1. The van der Waals surface area contributed by atoms with Crippen molar-refractivity contribution in [1.82, 2.24) is 0 Å². The molecule has 4 aromatic rings. The van der Waals surface area contributed by atoms with Crippen molar-refractivity contribution in [3.63, 3.8) is 0 Å². The van der Waals surface area contributed by atoms with Gasteiger partial charge in [-0.1, -0.05) is 17.7 Å². The summed E-state index contributed by atoms with van der Waals surface area (Å²) in [6.07, 6.45) is -4.66. The minimum absolute atomic E-state index is 0.0588. The van der Waals surface area contributed by atoms with Crippen LogP contribution < -0.4 is 24.5 Å². The number of carbonyl (C=O) groups excluding carboxylic acids is 1. The van der Waals surface area contributed by atoms with Gasteiger partial charge in [0.25, 0.3) is 5.91 Å². The molecule has 11 heteroatoms. The quantitative estimate of drug-likeness (QED) is 0.295. The second kappa shape index (κ2) is 9.29. The predicted molar refractivity (Wildman–Crippen MR) is 134 cm³/mol. The zero-order valence-electron chi connectivity index (χ0n) is 20.2. The van der Waals surface area contributed by atoms with Crippen molar-refractivity contribution in [3.05, 3.63) is 92.3 Å². The van der Waals surface area contributed by atoms with Crippen LogP contribution in [0.2, 0.25) is 5.02 Å². The largest absolute Gasteiger partial charge is 0.493 e. The lowest BCUT2D eigenvalue weighted by Gasteiger charge is -2.27. The number of hydrogen-bond donors (Lipinski definition) is 0. The number of hydrogen-bond acceptors (Lipinski definition) is 6.